The van der Waals surface area contributed by atoms with Crippen LogP contribution in [0.25, 0.3) is 0 Å². The number of ether oxygens (including phenoxy) is 2. The van der Waals surface area contributed by atoms with Gasteiger partial charge in [-0.05, 0) is 77.6 Å². The third-order valence-electron chi connectivity index (χ3n) is 5.07. The van der Waals surface area contributed by atoms with Crippen molar-refractivity contribution >= 4 is 12.1 Å². The number of benzene rings is 1. The van der Waals surface area contributed by atoms with Crippen molar-refractivity contribution in [2.45, 2.75) is 86.9 Å². The molecule has 0 aliphatic carbocycles. The molecule has 1 fully saturated rings. The molecule has 6 nitrogen and oxygen atoms in total. The van der Waals surface area contributed by atoms with E-state index in [1.807, 2.05) is 65.5 Å². The van der Waals surface area contributed by atoms with Crippen LogP contribution in [0.1, 0.15) is 79.9 Å². The van der Waals surface area contributed by atoms with Gasteiger partial charge in [-0.2, -0.15) is 0 Å². The van der Waals surface area contributed by atoms with Crippen LogP contribution in [0.5, 0.6) is 0 Å². The number of nitrogens with zero attached hydrogens (tertiary/aromatic N) is 2. The summed E-state index contributed by atoms with van der Waals surface area (Å²) in [4.78, 5) is 26.4. The first-order valence-electron chi connectivity index (χ1n) is 12.8. The van der Waals surface area contributed by atoms with E-state index in [0.717, 1.165) is 51.1 Å². The van der Waals surface area contributed by atoms with Crippen molar-refractivity contribution in [3.05, 3.63) is 35.4 Å². The Kier molecular flexibility index (Phi) is 15.8. The van der Waals surface area contributed by atoms with E-state index in [2.05, 4.69) is 34.6 Å². The molecule has 0 bridgehead atoms. The summed E-state index contributed by atoms with van der Waals surface area (Å²) in [7, 11) is 0. The zero-order chi connectivity index (χ0) is 27.0. The van der Waals surface area contributed by atoms with Gasteiger partial charge in [-0.1, -0.05) is 38.8 Å². The molecule has 0 saturated carbocycles. The summed E-state index contributed by atoms with van der Waals surface area (Å²) < 4.78 is 10.1. The molecule has 198 valence electrons. The fourth-order valence-electron chi connectivity index (χ4n) is 3.46. The number of carbonyl (C=O) groups excluding carboxylic acids is 2. The number of carbonyl (C=O) groups is 2. The van der Waals surface area contributed by atoms with Gasteiger partial charge in [0.05, 0.1) is 6.10 Å². The van der Waals surface area contributed by atoms with E-state index < -0.39 is 5.60 Å². The molecule has 6 heteroatoms. The molecule has 1 aliphatic rings. The first kappa shape index (κ1) is 32.5. The number of terminal acetylenes is 1. The molecule has 0 unspecified atom stereocenters. The fraction of sp³-hybridized carbons (Fsp3) is 0.655. The largest absolute Gasteiger partial charge is 0.463 e. The van der Waals surface area contributed by atoms with Crippen molar-refractivity contribution in [3.63, 3.8) is 0 Å². The summed E-state index contributed by atoms with van der Waals surface area (Å²) in [6, 6.07) is 8.28. The summed E-state index contributed by atoms with van der Waals surface area (Å²) in [6.07, 6.45) is 7.46. The van der Waals surface area contributed by atoms with E-state index in [-0.39, 0.29) is 18.2 Å². The van der Waals surface area contributed by atoms with Crippen molar-refractivity contribution in [2.24, 2.45) is 5.92 Å². The Labute approximate surface area is 214 Å². The molecule has 1 atom stereocenters. The Balaban J connectivity index is 0.00000110. The van der Waals surface area contributed by atoms with Crippen molar-refractivity contribution in [1.82, 2.24) is 9.80 Å². The van der Waals surface area contributed by atoms with Crippen molar-refractivity contribution < 1.29 is 19.1 Å². The summed E-state index contributed by atoms with van der Waals surface area (Å²) in [5.41, 5.74) is 1.85. The summed E-state index contributed by atoms with van der Waals surface area (Å²) in [5.74, 6) is 3.06. The quantitative estimate of drug-likeness (QED) is 0.376. The Morgan fingerprint density at radius 3 is 1.97 bits per heavy atom. The topological polar surface area (TPSA) is 59.1 Å². The molecule has 1 amide bonds. The highest BCUT2D eigenvalue weighted by molar-refractivity contribution is 5.68. The zero-order valence-corrected chi connectivity index (χ0v) is 23.5. The molecular formula is C29H48N2O4. The standard InChI is InChI=1S/C22H32N2O2.C5H10O2.C2H6/c1-6-19-7-9-20(10-8-19)17-18(2)11-12-23-13-15-24(16-14-23)21(25)26-22(3,4)5;1-4(2)7-5(3)6;1-2/h1,7-10,18H,11-17H2,2-5H3;4H,1-3H3;1-2H3/t18-;;/m0../s1. The number of piperazine rings is 1. The molecule has 1 aliphatic heterocycles. The first-order valence-corrected chi connectivity index (χ1v) is 12.8. The second-order valence-corrected chi connectivity index (χ2v) is 9.91. The highest BCUT2D eigenvalue weighted by Crippen LogP contribution is 2.15. The third-order valence-corrected chi connectivity index (χ3v) is 5.07. The lowest BCUT2D eigenvalue weighted by molar-refractivity contribution is -0.144. The maximum atomic E-state index is 12.1. The van der Waals surface area contributed by atoms with Gasteiger partial charge in [0, 0.05) is 38.7 Å². The van der Waals surface area contributed by atoms with E-state index in [1.165, 1.54) is 12.5 Å². The van der Waals surface area contributed by atoms with Crippen molar-refractivity contribution in [2.75, 3.05) is 32.7 Å². The second-order valence-electron chi connectivity index (χ2n) is 9.91. The van der Waals surface area contributed by atoms with Crippen molar-refractivity contribution in [1.29, 1.82) is 0 Å². The molecule has 2 rings (SSSR count). The van der Waals surface area contributed by atoms with E-state index in [1.54, 1.807) is 0 Å². The van der Waals surface area contributed by atoms with Crippen LogP contribution in [0, 0.1) is 18.3 Å². The van der Waals surface area contributed by atoms with E-state index >= 15 is 0 Å². The van der Waals surface area contributed by atoms with Crippen LogP contribution in [0.4, 0.5) is 4.79 Å². The van der Waals surface area contributed by atoms with E-state index in [4.69, 9.17) is 11.2 Å². The Hall–Kier alpha value is -2.52. The van der Waals surface area contributed by atoms with Gasteiger partial charge in [-0.25, -0.2) is 4.79 Å². The summed E-state index contributed by atoms with van der Waals surface area (Å²) >= 11 is 0. The lowest BCUT2D eigenvalue weighted by atomic mass is 9.97. The number of hydrogen-bond acceptors (Lipinski definition) is 5. The van der Waals surface area contributed by atoms with Gasteiger partial charge in [-0.3, -0.25) is 9.69 Å². The lowest BCUT2D eigenvalue weighted by Gasteiger charge is -2.36. The molecule has 1 heterocycles. The van der Waals surface area contributed by atoms with Crippen LogP contribution in [0.3, 0.4) is 0 Å². The molecule has 0 N–H and O–H groups in total. The number of hydrogen-bond donors (Lipinski definition) is 0. The minimum atomic E-state index is -0.429. The monoisotopic (exact) mass is 488 g/mol. The summed E-state index contributed by atoms with van der Waals surface area (Å²) in [5, 5.41) is 0. The Morgan fingerprint density at radius 1 is 1.03 bits per heavy atom. The van der Waals surface area contributed by atoms with Crippen LogP contribution < -0.4 is 0 Å². The fourth-order valence-corrected chi connectivity index (χ4v) is 3.46. The third kappa shape index (κ3) is 15.9. The average Bonchev–Trinajstić information content (AvgIpc) is 2.78. The molecule has 0 spiro atoms. The van der Waals surface area contributed by atoms with Crippen LogP contribution in [-0.4, -0.2) is 66.3 Å². The zero-order valence-electron chi connectivity index (χ0n) is 23.5. The highest BCUT2D eigenvalue weighted by Gasteiger charge is 2.25. The normalized spacial score (nSPS) is 14.5. The number of rotatable bonds is 6. The molecule has 1 saturated heterocycles. The van der Waals surface area contributed by atoms with Gasteiger partial charge in [0.2, 0.25) is 0 Å². The van der Waals surface area contributed by atoms with Gasteiger partial charge in [0.25, 0.3) is 0 Å². The van der Waals surface area contributed by atoms with Crippen LogP contribution >= 0.6 is 0 Å². The molecule has 0 aromatic heterocycles. The van der Waals surface area contributed by atoms with Gasteiger partial charge in [0.1, 0.15) is 5.60 Å². The van der Waals surface area contributed by atoms with Crippen LogP contribution in [-0.2, 0) is 20.7 Å². The van der Waals surface area contributed by atoms with Crippen LogP contribution in [0.15, 0.2) is 24.3 Å². The SMILES string of the molecule is C#Cc1ccc(C[C@@H](C)CCN2CCN(C(=O)OC(C)(C)C)CC2)cc1.CC.CC(=O)OC(C)C. The Morgan fingerprint density at radius 2 is 1.57 bits per heavy atom. The predicted octanol–water partition coefficient (Wildman–Crippen LogP) is 5.77. The Bertz CT molecular complexity index is 767. The second kappa shape index (κ2) is 17.0. The van der Waals surface area contributed by atoms with Gasteiger partial charge >= 0.3 is 12.1 Å². The molecule has 35 heavy (non-hydrogen) atoms. The molecule has 1 aromatic rings. The number of amides is 1. The van der Waals surface area contributed by atoms with Crippen LogP contribution in [0.2, 0.25) is 0 Å². The average molecular weight is 489 g/mol. The summed E-state index contributed by atoms with van der Waals surface area (Å²) in [6.45, 7) is 21.5. The highest BCUT2D eigenvalue weighted by atomic mass is 16.6. The lowest BCUT2D eigenvalue weighted by Crippen LogP contribution is -2.50. The molecule has 1 aromatic carbocycles. The first-order chi connectivity index (χ1) is 16.4. The minimum absolute atomic E-state index is 0.0255. The van der Waals surface area contributed by atoms with E-state index in [0.29, 0.717) is 5.92 Å². The van der Waals surface area contributed by atoms with Gasteiger partial charge in [-0.15, -0.1) is 6.42 Å². The predicted molar refractivity (Wildman–Crippen MR) is 144 cm³/mol. The molecular weight excluding hydrogens is 440 g/mol. The van der Waals surface area contributed by atoms with Gasteiger partial charge in [0.15, 0.2) is 0 Å². The minimum Gasteiger partial charge on any atom is -0.463 e. The van der Waals surface area contributed by atoms with Gasteiger partial charge < -0.3 is 14.4 Å². The van der Waals surface area contributed by atoms with Crippen molar-refractivity contribution in [3.8, 4) is 12.3 Å². The molecule has 0 radical (unpaired) electrons. The maximum Gasteiger partial charge on any atom is 0.410 e. The number of esters is 1. The maximum absolute atomic E-state index is 12.1. The smallest absolute Gasteiger partial charge is 0.410 e. The van der Waals surface area contributed by atoms with E-state index in [9.17, 15) is 9.59 Å².